The molecule has 4 heteroatoms. The summed E-state index contributed by atoms with van der Waals surface area (Å²) in [4.78, 5) is 0. The van der Waals surface area contributed by atoms with Gasteiger partial charge in [-0.1, -0.05) is 13.8 Å². The van der Waals surface area contributed by atoms with Crippen LogP contribution in [0.15, 0.2) is 12.1 Å². The maximum absolute atomic E-state index is 6.00. The van der Waals surface area contributed by atoms with Gasteiger partial charge in [0.05, 0.1) is 25.6 Å². The van der Waals surface area contributed by atoms with Crippen molar-refractivity contribution in [2.24, 2.45) is 11.3 Å². The molecule has 1 aliphatic rings. The third-order valence-corrected chi connectivity index (χ3v) is 3.81. The van der Waals surface area contributed by atoms with Crippen molar-refractivity contribution in [1.29, 1.82) is 0 Å². The molecule has 18 heavy (non-hydrogen) atoms. The Morgan fingerprint density at radius 3 is 2.33 bits per heavy atom. The summed E-state index contributed by atoms with van der Waals surface area (Å²) >= 11 is 0. The van der Waals surface area contributed by atoms with Crippen LogP contribution in [-0.4, -0.2) is 20.8 Å². The summed E-state index contributed by atoms with van der Waals surface area (Å²) in [5.74, 6) is 2.08. The fourth-order valence-corrected chi connectivity index (χ4v) is 2.21. The highest BCUT2D eigenvalue weighted by molar-refractivity contribution is 5.72. The van der Waals surface area contributed by atoms with E-state index in [1.54, 1.807) is 20.3 Å². The summed E-state index contributed by atoms with van der Waals surface area (Å²) in [5, 5.41) is 3.40. The van der Waals surface area contributed by atoms with E-state index in [0.717, 1.165) is 18.2 Å². The first kappa shape index (κ1) is 12.9. The minimum atomic E-state index is 0.471. The van der Waals surface area contributed by atoms with Gasteiger partial charge in [-0.05, 0) is 17.8 Å². The van der Waals surface area contributed by atoms with Gasteiger partial charge in [-0.25, -0.2) is 0 Å². The molecule has 0 saturated heterocycles. The van der Waals surface area contributed by atoms with Crippen molar-refractivity contribution in [3.63, 3.8) is 0 Å². The lowest BCUT2D eigenvalue weighted by atomic mass is 10.1. The van der Waals surface area contributed by atoms with E-state index >= 15 is 0 Å². The van der Waals surface area contributed by atoms with Gasteiger partial charge in [0, 0.05) is 18.7 Å². The molecule has 4 nitrogen and oxygen atoms in total. The number of nitrogens with one attached hydrogen (secondary N) is 1. The van der Waals surface area contributed by atoms with Crippen molar-refractivity contribution in [2.75, 3.05) is 31.8 Å². The van der Waals surface area contributed by atoms with E-state index < -0.39 is 0 Å². The van der Waals surface area contributed by atoms with Crippen LogP contribution < -0.4 is 20.5 Å². The van der Waals surface area contributed by atoms with E-state index in [-0.39, 0.29) is 0 Å². The van der Waals surface area contributed by atoms with E-state index in [2.05, 4.69) is 19.2 Å². The summed E-state index contributed by atoms with van der Waals surface area (Å²) in [7, 11) is 3.24. The molecule has 0 amide bonds. The lowest BCUT2D eigenvalue weighted by Gasteiger charge is -2.14. The summed E-state index contributed by atoms with van der Waals surface area (Å²) in [5.41, 5.74) is 8.07. The Hall–Kier alpha value is -1.58. The number of hydrogen-bond donors (Lipinski definition) is 2. The number of rotatable bonds is 5. The first-order chi connectivity index (χ1) is 8.47. The van der Waals surface area contributed by atoms with Crippen molar-refractivity contribution >= 4 is 11.4 Å². The molecule has 1 atom stereocenters. The van der Waals surface area contributed by atoms with Crippen LogP contribution in [0.2, 0.25) is 0 Å². The summed E-state index contributed by atoms with van der Waals surface area (Å²) < 4.78 is 10.5. The molecule has 0 spiro atoms. The molecule has 0 aliphatic heterocycles. The molecule has 1 fully saturated rings. The molecule has 100 valence electrons. The highest BCUT2D eigenvalue weighted by Gasteiger charge is 2.44. The quantitative estimate of drug-likeness (QED) is 0.789. The van der Waals surface area contributed by atoms with Crippen LogP contribution >= 0.6 is 0 Å². The zero-order chi connectivity index (χ0) is 13.3. The van der Waals surface area contributed by atoms with Gasteiger partial charge in [0.1, 0.15) is 0 Å². The van der Waals surface area contributed by atoms with Gasteiger partial charge in [0.15, 0.2) is 11.5 Å². The minimum Gasteiger partial charge on any atom is -0.493 e. The second-order valence-corrected chi connectivity index (χ2v) is 5.56. The predicted molar refractivity (Wildman–Crippen MR) is 74.3 cm³/mol. The Morgan fingerprint density at radius 2 is 1.83 bits per heavy atom. The predicted octanol–water partition coefficient (Wildman–Crippen LogP) is 2.74. The van der Waals surface area contributed by atoms with Gasteiger partial charge < -0.3 is 20.5 Å². The summed E-state index contributed by atoms with van der Waals surface area (Å²) in [6.45, 7) is 5.53. The Morgan fingerprint density at radius 1 is 1.28 bits per heavy atom. The lowest BCUT2D eigenvalue weighted by molar-refractivity contribution is 0.355. The zero-order valence-electron chi connectivity index (χ0n) is 11.5. The summed E-state index contributed by atoms with van der Waals surface area (Å²) in [6, 6.07) is 3.68. The SMILES string of the molecule is COc1cc(N)c(NCC2CC2(C)C)cc1OC. The molecule has 0 heterocycles. The van der Waals surface area contributed by atoms with Gasteiger partial charge in [-0.2, -0.15) is 0 Å². The van der Waals surface area contributed by atoms with Crippen LogP contribution in [-0.2, 0) is 0 Å². The number of anilines is 2. The minimum absolute atomic E-state index is 0.471. The Labute approximate surface area is 108 Å². The molecule has 1 aliphatic carbocycles. The number of benzene rings is 1. The zero-order valence-corrected chi connectivity index (χ0v) is 11.5. The maximum Gasteiger partial charge on any atom is 0.162 e. The molecule has 1 aromatic carbocycles. The standard InChI is InChI=1S/C14H22N2O2/c1-14(2)7-9(14)8-16-11-6-13(18-4)12(17-3)5-10(11)15/h5-6,9,16H,7-8,15H2,1-4H3. The average molecular weight is 250 g/mol. The van der Waals surface area contributed by atoms with Crippen molar-refractivity contribution in [1.82, 2.24) is 0 Å². The normalized spacial score (nSPS) is 20.3. The second-order valence-electron chi connectivity index (χ2n) is 5.56. The van der Waals surface area contributed by atoms with E-state index in [1.807, 2.05) is 6.07 Å². The van der Waals surface area contributed by atoms with E-state index in [0.29, 0.717) is 22.6 Å². The van der Waals surface area contributed by atoms with Gasteiger partial charge in [0.2, 0.25) is 0 Å². The van der Waals surface area contributed by atoms with Crippen molar-refractivity contribution in [2.45, 2.75) is 20.3 Å². The Bertz CT molecular complexity index is 444. The molecule has 1 aromatic rings. The smallest absolute Gasteiger partial charge is 0.162 e. The number of nitrogen functional groups attached to an aromatic ring is 1. The Balaban J connectivity index is 2.08. The third-order valence-electron chi connectivity index (χ3n) is 3.81. The molecular formula is C14H22N2O2. The number of hydrogen-bond acceptors (Lipinski definition) is 4. The van der Waals surface area contributed by atoms with Gasteiger partial charge in [0.25, 0.3) is 0 Å². The van der Waals surface area contributed by atoms with Crippen molar-refractivity contribution < 1.29 is 9.47 Å². The van der Waals surface area contributed by atoms with E-state index in [4.69, 9.17) is 15.2 Å². The number of methoxy groups -OCH3 is 2. The maximum atomic E-state index is 6.00. The van der Waals surface area contributed by atoms with E-state index in [1.165, 1.54) is 6.42 Å². The molecule has 2 rings (SSSR count). The van der Waals surface area contributed by atoms with Crippen LogP contribution in [0.25, 0.3) is 0 Å². The molecular weight excluding hydrogens is 228 g/mol. The molecule has 1 unspecified atom stereocenters. The first-order valence-electron chi connectivity index (χ1n) is 6.23. The monoisotopic (exact) mass is 250 g/mol. The highest BCUT2D eigenvalue weighted by atomic mass is 16.5. The molecule has 0 radical (unpaired) electrons. The fraction of sp³-hybridized carbons (Fsp3) is 0.571. The Kier molecular flexibility index (Phi) is 3.28. The molecule has 0 aromatic heterocycles. The fourth-order valence-electron chi connectivity index (χ4n) is 2.21. The lowest BCUT2D eigenvalue weighted by Crippen LogP contribution is -2.09. The average Bonchev–Trinajstić information content (AvgIpc) is 2.95. The van der Waals surface area contributed by atoms with Crippen molar-refractivity contribution in [3.8, 4) is 11.5 Å². The highest BCUT2D eigenvalue weighted by Crippen LogP contribution is 2.51. The van der Waals surface area contributed by atoms with Gasteiger partial charge in [-0.15, -0.1) is 0 Å². The van der Waals surface area contributed by atoms with Crippen LogP contribution in [0.5, 0.6) is 11.5 Å². The van der Waals surface area contributed by atoms with E-state index in [9.17, 15) is 0 Å². The van der Waals surface area contributed by atoms with Crippen LogP contribution in [0.3, 0.4) is 0 Å². The van der Waals surface area contributed by atoms with Crippen LogP contribution in [0.4, 0.5) is 11.4 Å². The number of nitrogens with two attached hydrogens (primary N) is 1. The second kappa shape index (κ2) is 4.59. The van der Waals surface area contributed by atoms with Crippen LogP contribution in [0, 0.1) is 11.3 Å². The van der Waals surface area contributed by atoms with Gasteiger partial charge in [-0.3, -0.25) is 0 Å². The van der Waals surface area contributed by atoms with Crippen molar-refractivity contribution in [3.05, 3.63) is 12.1 Å². The largest absolute Gasteiger partial charge is 0.493 e. The molecule has 0 bridgehead atoms. The third kappa shape index (κ3) is 2.47. The molecule has 3 N–H and O–H groups in total. The molecule has 1 saturated carbocycles. The van der Waals surface area contributed by atoms with Crippen LogP contribution in [0.1, 0.15) is 20.3 Å². The summed E-state index contributed by atoms with van der Waals surface area (Å²) in [6.07, 6.45) is 1.27. The topological polar surface area (TPSA) is 56.5 Å². The first-order valence-corrected chi connectivity index (χ1v) is 6.23. The van der Waals surface area contributed by atoms with Gasteiger partial charge >= 0.3 is 0 Å². The number of ether oxygens (including phenoxy) is 2.